The van der Waals surface area contributed by atoms with Gasteiger partial charge in [-0.05, 0) is 70.0 Å². The number of benzene rings is 2. The lowest BCUT2D eigenvalue weighted by atomic mass is 10.0. The van der Waals surface area contributed by atoms with Crippen LogP contribution in [0.25, 0.3) is 21.9 Å². The summed E-state index contributed by atoms with van der Waals surface area (Å²) in [5, 5.41) is 20.3. The molecule has 0 bridgehead atoms. The van der Waals surface area contributed by atoms with Crippen LogP contribution in [0.15, 0.2) is 53.1 Å². The van der Waals surface area contributed by atoms with Gasteiger partial charge >= 0.3 is 5.97 Å². The second-order valence-electron chi connectivity index (χ2n) is 11.3. The Hall–Kier alpha value is -2.99. The third-order valence-corrected chi connectivity index (χ3v) is 8.38. The molecule has 10 nitrogen and oxygen atoms in total. The van der Waals surface area contributed by atoms with Gasteiger partial charge in [-0.15, -0.1) is 24.8 Å². The van der Waals surface area contributed by atoms with Gasteiger partial charge in [0.25, 0.3) is 0 Å². The second-order valence-corrected chi connectivity index (χ2v) is 11.3. The number of halogens is 2. The van der Waals surface area contributed by atoms with Gasteiger partial charge in [-0.25, -0.2) is 4.79 Å². The highest BCUT2D eigenvalue weighted by atomic mass is 35.5. The molecule has 242 valence electrons. The van der Waals surface area contributed by atoms with Crippen molar-refractivity contribution < 1.29 is 28.9 Å². The highest BCUT2D eigenvalue weighted by Gasteiger charge is 2.24. The van der Waals surface area contributed by atoms with Crippen molar-refractivity contribution in [2.45, 2.75) is 57.4 Å². The van der Waals surface area contributed by atoms with E-state index in [-0.39, 0.29) is 36.6 Å². The van der Waals surface area contributed by atoms with Crippen LogP contribution in [0, 0.1) is 0 Å². The Morgan fingerprint density at radius 1 is 1.05 bits per heavy atom. The van der Waals surface area contributed by atoms with Crippen molar-refractivity contribution in [1.82, 2.24) is 14.8 Å². The molecule has 4 aromatic rings. The lowest BCUT2D eigenvalue weighted by Gasteiger charge is -2.38. The molecule has 44 heavy (non-hydrogen) atoms. The van der Waals surface area contributed by atoms with Crippen LogP contribution >= 0.6 is 24.8 Å². The molecule has 5 N–H and O–H groups in total. The molecular weight excluding hydrogens is 607 g/mol. The molecule has 2 fully saturated rings. The number of piperidine rings is 2. The zero-order valence-electron chi connectivity index (χ0n) is 25.2. The predicted molar refractivity (Wildman–Crippen MR) is 177 cm³/mol. The number of carboxylic acids is 1. The number of carbonyl (C=O) groups is 1. The number of H-pyrrole nitrogens is 1. The molecule has 0 radical (unpaired) electrons. The topological polar surface area (TPSA) is 137 Å². The number of aliphatic hydroxyl groups excluding tert-OH is 1. The molecule has 6 rings (SSSR count). The summed E-state index contributed by atoms with van der Waals surface area (Å²) in [6.45, 7) is 8.18. The van der Waals surface area contributed by atoms with Crippen LogP contribution in [-0.2, 0) is 6.61 Å². The summed E-state index contributed by atoms with van der Waals surface area (Å²) >= 11 is 0. The molecule has 0 aliphatic carbocycles. The molecule has 1 atom stereocenters. The summed E-state index contributed by atoms with van der Waals surface area (Å²) in [6.07, 6.45) is 5.75. The third kappa shape index (κ3) is 8.59. The van der Waals surface area contributed by atoms with Crippen molar-refractivity contribution in [1.29, 1.82) is 0 Å². The highest BCUT2D eigenvalue weighted by molar-refractivity contribution is 5.96. The van der Waals surface area contributed by atoms with Gasteiger partial charge in [0.05, 0.1) is 19.5 Å². The van der Waals surface area contributed by atoms with E-state index in [1.807, 2.05) is 36.4 Å². The van der Waals surface area contributed by atoms with Crippen molar-refractivity contribution in [2.24, 2.45) is 5.73 Å². The molecule has 2 saturated heterocycles. The van der Waals surface area contributed by atoms with Gasteiger partial charge in [0, 0.05) is 53.6 Å². The Kier molecular flexibility index (Phi) is 13.2. The largest absolute Gasteiger partial charge is 0.493 e. The number of para-hydroxylation sites is 1. The average Bonchev–Trinajstić information content (AvgIpc) is 3.63. The fourth-order valence-electron chi connectivity index (χ4n) is 5.83. The number of aliphatic hydroxyl groups is 1. The number of nitrogens with one attached hydrogen (secondary N) is 1. The van der Waals surface area contributed by atoms with Gasteiger partial charge in [-0.3, -0.25) is 4.90 Å². The molecule has 0 spiro atoms. The zero-order chi connectivity index (χ0) is 29.6. The van der Waals surface area contributed by atoms with E-state index in [1.54, 1.807) is 19.4 Å². The first kappa shape index (κ1) is 35.5. The van der Waals surface area contributed by atoms with E-state index in [1.165, 1.54) is 0 Å². The normalized spacial score (nSPS) is 17.3. The first-order valence-electron chi connectivity index (χ1n) is 14.7. The number of aromatic carboxylic acids is 1. The van der Waals surface area contributed by atoms with E-state index in [0.717, 1.165) is 74.7 Å². The summed E-state index contributed by atoms with van der Waals surface area (Å²) in [5.74, 6) is 0.274. The second kappa shape index (κ2) is 16.4. The number of nitrogens with two attached hydrogens (primary N) is 1. The van der Waals surface area contributed by atoms with Gasteiger partial charge in [0.15, 0.2) is 11.3 Å². The number of likely N-dealkylation sites (tertiary alicyclic amines) is 2. The highest BCUT2D eigenvalue weighted by Crippen LogP contribution is 2.32. The smallest absolute Gasteiger partial charge is 0.352 e. The van der Waals surface area contributed by atoms with E-state index in [4.69, 9.17) is 24.7 Å². The van der Waals surface area contributed by atoms with E-state index >= 15 is 0 Å². The molecule has 2 aliphatic heterocycles. The minimum atomic E-state index is -1.00. The summed E-state index contributed by atoms with van der Waals surface area (Å²) in [7, 11) is 1.60. The molecule has 2 aromatic carbocycles. The first-order valence-corrected chi connectivity index (χ1v) is 14.7. The molecule has 0 unspecified atom stereocenters. The van der Waals surface area contributed by atoms with E-state index in [9.17, 15) is 9.90 Å². The minimum Gasteiger partial charge on any atom is -0.493 e. The number of hydrogen-bond acceptors (Lipinski definition) is 8. The van der Waals surface area contributed by atoms with Crippen molar-refractivity contribution in [3.05, 3.63) is 60.0 Å². The fourth-order valence-corrected chi connectivity index (χ4v) is 5.83. The maximum atomic E-state index is 11.1. The lowest BCUT2D eigenvalue weighted by molar-refractivity contribution is 0.0507. The van der Waals surface area contributed by atoms with E-state index < -0.39 is 5.97 Å². The molecule has 12 heteroatoms. The molecule has 4 heterocycles. The van der Waals surface area contributed by atoms with Gasteiger partial charge in [-0.1, -0.05) is 18.2 Å². The van der Waals surface area contributed by atoms with Crippen LogP contribution in [0.3, 0.4) is 0 Å². The van der Waals surface area contributed by atoms with Crippen molar-refractivity contribution in [2.75, 3.05) is 39.8 Å². The number of rotatable bonds is 8. The number of aromatic amines is 1. The van der Waals surface area contributed by atoms with Crippen LogP contribution < -0.4 is 15.2 Å². The Morgan fingerprint density at radius 2 is 1.73 bits per heavy atom. The standard InChI is InChI=1S/C19H15NO5.C13H27N3O.2ClH/c1-23-17-7-2-4-12-11(10-25-18(12)17)9-24-16-6-3-5-14-13(16)8-15(20-14)19(21)22;1-11(16-8-4-13(17)5-9-16)10-15-6-2-12(14)3-7-15;;/h2-8,10,20H,9H2,1H3,(H,21,22);11-13,17H,2-10,14H2,1H3;2*1H/t;11-;;/m.0../s1. The van der Waals surface area contributed by atoms with E-state index in [0.29, 0.717) is 41.3 Å². The number of carboxylic acid groups (broad SMARTS) is 1. The Balaban J connectivity index is 0.000000246. The molecule has 2 aliphatic rings. The quantitative estimate of drug-likeness (QED) is 0.200. The maximum absolute atomic E-state index is 11.1. The summed E-state index contributed by atoms with van der Waals surface area (Å²) in [5.41, 5.74) is 8.33. The van der Waals surface area contributed by atoms with E-state index in [2.05, 4.69) is 21.7 Å². The van der Waals surface area contributed by atoms with Crippen LogP contribution in [0.1, 0.15) is 48.7 Å². The molecular formula is C32H44Cl2N4O6. The van der Waals surface area contributed by atoms with Gasteiger partial charge in [-0.2, -0.15) is 0 Å². The Morgan fingerprint density at radius 3 is 2.41 bits per heavy atom. The summed E-state index contributed by atoms with van der Waals surface area (Å²) in [4.78, 5) is 19.1. The molecule has 2 aromatic heterocycles. The number of nitrogens with zero attached hydrogens (tertiary/aromatic N) is 2. The zero-order valence-corrected chi connectivity index (χ0v) is 26.9. The van der Waals surface area contributed by atoms with Crippen LogP contribution in [0.4, 0.5) is 0 Å². The third-order valence-electron chi connectivity index (χ3n) is 8.38. The number of ether oxygens (including phenoxy) is 2. The fraction of sp³-hybridized carbons (Fsp3) is 0.469. The van der Waals surface area contributed by atoms with Crippen molar-refractivity contribution in [3.8, 4) is 11.5 Å². The summed E-state index contributed by atoms with van der Waals surface area (Å²) in [6, 6.07) is 13.7. The number of hydrogen-bond donors (Lipinski definition) is 4. The van der Waals surface area contributed by atoms with Gasteiger partial charge in [0.2, 0.25) is 0 Å². The van der Waals surface area contributed by atoms with Crippen LogP contribution in [0.2, 0.25) is 0 Å². The molecule has 0 saturated carbocycles. The number of aromatic nitrogens is 1. The summed E-state index contributed by atoms with van der Waals surface area (Å²) < 4.78 is 16.8. The van der Waals surface area contributed by atoms with Gasteiger partial charge < -0.3 is 39.7 Å². The monoisotopic (exact) mass is 650 g/mol. The van der Waals surface area contributed by atoms with Gasteiger partial charge in [0.1, 0.15) is 18.1 Å². The molecule has 0 amide bonds. The maximum Gasteiger partial charge on any atom is 0.352 e. The minimum absolute atomic E-state index is 0. The first-order chi connectivity index (χ1) is 20.3. The number of furan rings is 1. The van der Waals surface area contributed by atoms with Crippen LogP contribution in [-0.4, -0.2) is 89.0 Å². The Bertz CT molecular complexity index is 1480. The number of fused-ring (bicyclic) bond motifs is 2. The SMILES string of the molecule is COc1cccc2c(COc3cccc4[nH]c(C(=O)O)cc34)coc12.C[C@@H](CN1CCC(N)CC1)N1CCC(O)CC1.Cl.Cl. The lowest BCUT2D eigenvalue weighted by Crippen LogP contribution is -2.49. The Labute approximate surface area is 270 Å². The van der Waals surface area contributed by atoms with Crippen molar-refractivity contribution in [3.63, 3.8) is 0 Å². The number of methoxy groups -OCH3 is 1. The van der Waals surface area contributed by atoms with Crippen molar-refractivity contribution >= 4 is 52.7 Å². The average molecular weight is 652 g/mol. The predicted octanol–water partition coefficient (Wildman–Crippen LogP) is 5.30. The van der Waals surface area contributed by atoms with Crippen LogP contribution in [0.5, 0.6) is 11.5 Å².